The lowest BCUT2D eigenvalue weighted by molar-refractivity contribution is 0.0226. The number of carbonyl (C=O) groups is 2. The first-order valence-electron chi connectivity index (χ1n) is 38.0. The number of rotatable bonds is 15. The molecule has 0 aliphatic carbocycles. The van der Waals surface area contributed by atoms with E-state index >= 15 is 0 Å². The average molecular weight is 1630 g/mol. The predicted molar refractivity (Wildman–Crippen MR) is 458 cm³/mol. The van der Waals surface area contributed by atoms with Crippen molar-refractivity contribution in [1.29, 1.82) is 0 Å². The summed E-state index contributed by atoms with van der Waals surface area (Å²) in [6.45, 7) is 32.2. The molecule has 0 bridgehead atoms. The highest BCUT2D eigenvalue weighted by Crippen LogP contribution is 2.45. The van der Waals surface area contributed by atoms with Gasteiger partial charge in [-0.3, -0.25) is 18.9 Å². The smallest absolute Gasteiger partial charge is 0.410 e. The van der Waals surface area contributed by atoms with E-state index in [1.807, 2.05) is 264 Å². The van der Waals surface area contributed by atoms with Gasteiger partial charge in [0.05, 0.1) is 30.3 Å². The highest BCUT2D eigenvalue weighted by Gasteiger charge is 2.34. The van der Waals surface area contributed by atoms with Gasteiger partial charge in [-0.25, -0.2) is 24.5 Å². The normalized spacial score (nSPS) is 15.4. The van der Waals surface area contributed by atoms with E-state index in [2.05, 4.69) is 76.9 Å². The number of alkyl halides is 1. The van der Waals surface area contributed by atoms with E-state index in [0.29, 0.717) is 116 Å². The lowest BCUT2D eigenvalue weighted by Crippen LogP contribution is -2.42. The summed E-state index contributed by atoms with van der Waals surface area (Å²) < 4.78 is 66.6. The Kier molecular flexibility index (Phi) is 32.3. The Hall–Kier alpha value is -9.08. The third-order valence-electron chi connectivity index (χ3n) is 17.8. The Balaban J connectivity index is 0.000000265. The molecular formula is C90H105BrN9O9P3. The van der Waals surface area contributed by atoms with Crippen molar-refractivity contribution in [3.8, 4) is 35.5 Å². The first-order valence-corrected chi connectivity index (χ1v) is 44.5. The number of carbonyl (C=O) groups excluding carboxylic acids is 2. The zero-order valence-electron chi connectivity index (χ0n) is 66.6. The monoisotopic (exact) mass is 1630 g/mol. The van der Waals surface area contributed by atoms with Crippen molar-refractivity contribution in [2.24, 2.45) is 0 Å². The van der Waals surface area contributed by atoms with Crippen molar-refractivity contribution in [2.75, 3.05) is 98.4 Å². The fourth-order valence-electron chi connectivity index (χ4n) is 11.9. The van der Waals surface area contributed by atoms with Crippen LogP contribution in [0.15, 0.2) is 200 Å². The first kappa shape index (κ1) is 86.9. The minimum atomic E-state index is -3.62. The Morgan fingerprint density at radius 2 is 0.723 bits per heavy atom. The quantitative estimate of drug-likeness (QED) is 0.0558. The van der Waals surface area contributed by atoms with Crippen molar-refractivity contribution >= 4 is 82.2 Å². The molecule has 22 heteroatoms. The van der Waals surface area contributed by atoms with Gasteiger partial charge in [0.25, 0.3) is 14.7 Å². The summed E-state index contributed by atoms with van der Waals surface area (Å²) in [5.41, 5.74) is 10.6. The van der Waals surface area contributed by atoms with Crippen LogP contribution in [0.25, 0.3) is 0 Å². The van der Waals surface area contributed by atoms with E-state index in [0.717, 1.165) is 81.8 Å². The van der Waals surface area contributed by atoms with Crippen LogP contribution in [0.3, 0.4) is 0 Å². The van der Waals surface area contributed by atoms with Crippen LogP contribution in [0.2, 0.25) is 0 Å². The largest absolute Gasteiger partial charge is 0.444 e. The maximum absolute atomic E-state index is 15.0. The second kappa shape index (κ2) is 41.6. The molecule has 3 atom stereocenters. The fraction of sp³-hybridized carbons (Fsp3) is 0.344. The average Bonchev–Trinajstić information content (AvgIpc) is 0.813. The maximum atomic E-state index is 15.0. The number of halogens is 1. The van der Waals surface area contributed by atoms with Gasteiger partial charge in [0, 0.05) is 146 Å². The molecule has 0 saturated carbocycles. The first-order chi connectivity index (χ1) is 53.6. The lowest BCUT2D eigenvalue weighted by atomic mass is 10.1. The van der Waals surface area contributed by atoms with Gasteiger partial charge >= 0.3 is 12.2 Å². The molecule has 2 N–H and O–H groups in total. The molecule has 0 spiro atoms. The predicted octanol–water partition coefficient (Wildman–Crippen LogP) is 14.0. The number of nitrogens with one attached hydrogen (secondary N) is 2. The maximum Gasteiger partial charge on any atom is 0.410 e. The molecule has 3 aromatic heterocycles. The van der Waals surface area contributed by atoms with Crippen LogP contribution in [0.4, 0.5) is 9.59 Å². The Bertz CT molecular complexity index is 4940. The molecule has 2 aliphatic heterocycles. The van der Waals surface area contributed by atoms with Crippen molar-refractivity contribution in [3.05, 3.63) is 267 Å². The fourth-order valence-corrected chi connectivity index (χ4v) is 18.0. The summed E-state index contributed by atoms with van der Waals surface area (Å²) in [5, 5.41) is 8.98. The van der Waals surface area contributed by atoms with Gasteiger partial charge in [-0.15, -0.1) is 0 Å². The van der Waals surface area contributed by atoms with Crippen LogP contribution < -0.4 is 42.9 Å². The molecule has 3 unspecified atom stereocenters. The number of hydrogen-bond donors (Lipinski definition) is 2. The second-order valence-corrected chi connectivity index (χ2v) is 37.5. The molecule has 2 saturated heterocycles. The van der Waals surface area contributed by atoms with E-state index < -0.39 is 39.2 Å². The molecule has 586 valence electrons. The summed E-state index contributed by atoms with van der Waals surface area (Å²) in [6, 6.07) is 63.3. The molecule has 5 heterocycles. The number of nitrogens with zero attached hydrogens (tertiary/aromatic N) is 7. The van der Waals surface area contributed by atoms with Crippen LogP contribution in [0.1, 0.15) is 123 Å². The Morgan fingerprint density at radius 3 is 1.08 bits per heavy atom. The summed E-state index contributed by atoms with van der Waals surface area (Å²) in [7, 11) is -10.0. The third kappa shape index (κ3) is 26.8. The van der Waals surface area contributed by atoms with Gasteiger partial charge in [-0.2, -0.15) is 0 Å². The Morgan fingerprint density at radius 1 is 0.411 bits per heavy atom. The van der Waals surface area contributed by atoms with Crippen LogP contribution in [-0.2, 0) is 50.6 Å². The van der Waals surface area contributed by atoms with Gasteiger partial charge in [0.2, 0.25) is 0 Å². The summed E-state index contributed by atoms with van der Waals surface area (Å²) in [4.78, 5) is 48.4. The molecular weight excluding hydrogens is 1520 g/mol. The highest BCUT2D eigenvalue weighted by atomic mass is 79.9. The molecule has 2 fully saturated rings. The van der Waals surface area contributed by atoms with Gasteiger partial charge in [0.15, 0.2) is 7.14 Å². The topological polar surface area (TPSA) is 198 Å². The minimum absolute atomic E-state index is 0.224. The minimum Gasteiger partial charge on any atom is -0.444 e. The summed E-state index contributed by atoms with van der Waals surface area (Å²) >= 11 is 3.45. The van der Waals surface area contributed by atoms with Crippen LogP contribution in [0.5, 0.6) is 0 Å². The van der Waals surface area contributed by atoms with Crippen LogP contribution in [-0.4, -0.2) is 156 Å². The van der Waals surface area contributed by atoms with E-state index in [1.165, 1.54) is 5.56 Å². The van der Waals surface area contributed by atoms with E-state index in [9.17, 15) is 23.3 Å². The highest BCUT2D eigenvalue weighted by molar-refractivity contribution is 9.08. The molecule has 2 amide bonds. The number of aromatic nitrogens is 3. The van der Waals surface area contributed by atoms with Gasteiger partial charge < -0.3 is 43.5 Å². The van der Waals surface area contributed by atoms with Crippen LogP contribution in [0, 0.1) is 56.3 Å². The SMILES string of the molecule is CC(C)(C)OC(=O)N1CCNCCNCC1.CCOP(=O)(c1ccccc1)c1cc(C#Cc2ccc(C)cc2)cc(CBr)n1.CCOP(=O)(c1ccccc1)c1cc(C#Cc2ccc(C)cc2)cc(CN2CCN(Cc3cc(C#Cc4ccc(C)cc4)cc(P(C)(=O)c4ccccc4)n3)CCN(C(=O)OC(C)(C)C)CC2)n1. The van der Waals surface area contributed by atoms with Crippen molar-refractivity contribution in [3.63, 3.8) is 0 Å². The van der Waals surface area contributed by atoms with Crippen molar-refractivity contribution < 1.29 is 41.8 Å². The molecule has 18 nitrogen and oxygen atoms in total. The summed E-state index contributed by atoms with van der Waals surface area (Å²) in [5.74, 6) is 19.6. The van der Waals surface area contributed by atoms with Crippen molar-refractivity contribution in [2.45, 2.75) is 106 Å². The van der Waals surface area contributed by atoms with E-state index in [-0.39, 0.29) is 12.7 Å². The molecule has 0 radical (unpaired) electrons. The zero-order valence-corrected chi connectivity index (χ0v) is 70.9. The van der Waals surface area contributed by atoms with Crippen LogP contribution >= 0.6 is 37.8 Å². The third-order valence-corrected chi connectivity index (χ3v) is 25.6. The second-order valence-electron chi connectivity index (χ2n) is 29.5. The van der Waals surface area contributed by atoms with Gasteiger partial charge in [0.1, 0.15) is 27.5 Å². The number of hydrogen-bond acceptors (Lipinski definition) is 16. The van der Waals surface area contributed by atoms with Gasteiger partial charge in [-0.1, -0.05) is 171 Å². The molecule has 9 aromatic rings. The zero-order chi connectivity index (χ0) is 80.3. The van der Waals surface area contributed by atoms with E-state index in [1.54, 1.807) is 28.6 Å². The number of ether oxygens (including phenoxy) is 2. The molecule has 6 aromatic carbocycles. The number of aryl methyl sites for hydroxylation is 3. The number of benzene rings is 6. The molecule has 11 rings (SSSR count). The van der Waals surface area contributed by atoms with Crippen molar-refractivity contribution in [1.82, 2.24) is 45.2 Å². The number of amides is 2. The Labute approximate surface area is 672 Å². The van der Waals surface area contributed by atoms with E-state index in [4.69, 9.17) is 28.5 Å². The number of pyridine rings is 3. The molecule has 112 heavy (non-hydrogen) atoms. The lowest BCUT2D eigenvalue weighted by Gasteiger charge is -2.29. The van der Waals surface area contributed by atoms with Gasteiger partial charge in [-0.05, 0) is 180 Å². The molecule has 2 aliphatic rings. The summed E-state index contributed by atoms with van der Waals surface area (Å²) in [6.07, 6.45) is -0.616. The standard InChI is InChI=1S/C56H61N5O5P2.C23H21BrNO2P.C11H23N3O2/c1-8-65-68(64,52-17-13-10-14-18-52)54-40-48(30-28-46-25-21-44(3)22-26-46)38-50(58-54)42-60-32-31-59(33-35-61(36-34-60)55(62)66-56(4,5)6)41-49-37-47(29-27-45-23-19-43(2)20-24-45)39-53(57-49)67(7,63)51-15-11-9-12-16-51;1-3-27-28(26,22-7-5-4-6-8-22)23-16-20(15-21(17-24)25-23)14-13-19-11-9-18(2)10-12-19;1-11(2,3)16-10(15)14-8-6-12-4-5-13-7-9-14/h9-26,37-40H,8,31-36,41-42H2,1-7H3;4-12,15-16H,3,17H2,1-2H3;12-13H,4-9H2,1-3H3.